The third-order valence-corrected chi connectivity index (χ3v) is 4.99. The highest BCUT2D eigenvalue weighted by Gasteiger charge is 2.09. The molecule has 0 saturated carbocycles. The van der Waals surface area contributed by atoms with Crippen molar-refractivity contribution in [3.8, 4) is 0 Å². The Morgan fingerprint density at radius 3 is 2.68 bits per heavy atom. The summed E-state index contributed by atoms with van der Waals surface area (Å²) in [5.74, 6) is 0. The first-order valence-electron chi connectivity index (χ1n) is 6.30. The number of para-hydroxylation sites is 1. The van der Waals surface area contributed by atoms with Gasteiger partial charge in [-0.15, -0.1) is 11.3 Å². The van der Waals surface area contributed by atoms with E-state index < -0.39 is 0 Å². The van der Waals surface area contributed by atoms with Crippen LogP contribution in [0, 0.1) is 25.5 Å². The number of thiophene rings is 1. The first-order valence-corrected chi connectivity index (χ1v) is 7.53. The molecule has 0 saturated heterocycles. The van der Waals surface area contributed by atoms with E-state index in [1.54, 1.807) is 0 Å². The van der Waals surface area contributed by atoms with Crippen LogP contribution in [0.2, 0.25) is 0 Å². The largest absolute Gasteiger partial charge is 0.331 e. The lowest BCUT2D eigenvalue weighted by Gasteiger charge is -2.04. The SMILES string of the molecule is Cc1cc(Cn2c(=S)[nH]c3cccc(C)c32)sc1C. The van der Waals surface area contributed by atoms with E-state index in [-0.39, 0.29) is 0 Å². The fraction of sp³-hybridized carbons (Fsp3) is 0.267. The van der Waals surface area contributed by atoms with Crippen molar-refractivity contribution in [1.82, 2.24) is 9.55 Å². The van der Waals surface area contributed by atoms with Crippen LogP contribution in [-0.2, 0) is 6.54 Å². The predicted molar refractivity (Wildman–Crippen MR) is 84.8 cm³/mol. The highest BCUT2D eigenvalue weighted by Crippen LogP contribution is 2.24. The van der Waals surface area contributed by atoms with Crippen LogP contribution in [0.5, 0.6) is 0 Å². The summed E-state index contributed by atoms with van der Waals surface area (Å²) in [7, 11) is 0. The summed E-state index contributed by atoms with van der Waals surface area (Å²) < 4.78 is 3.00. The van der Waals surface area contributed by atoms with E-state index in [1.807, 2.05) is 11.3 Å². The van der Waals surface area contributed by atoms with Crippen molar-refractivity contribution in [1.29, 1.82) is 0 Å². The highest BCUT2D eigenvalue weighted by molar-refractivity contribution is 7.71. The molecule has 2 nitrogen and oxygen atoms in total. The first-order chi connectivity index (χ1) is 9.06. The van der Waals surface area contributed by atoms with Crippen LogP contribution in [0.3, 0.4) is 0 Å². The van der Waals surface area contributed by atoms with Gasteiger partial charge in [-0.25, -0.2) is 0 Å². The number of fused-ring (bicyclic) bond motifs is 1. The molecule has 0 unspecified atom stereocenters. The Morgan fingerprint density at radius 1 is 1.21 bits per heavy atom. The van der Waals surface area contributed by atoms with Crippen LogP contribution >= 0.6 is 23.6 Å². The number of nitrogens with zero attached hydrogens (tertiary/aromatic N) is 1. The number of rotatable bonds is 2. The minimum atomic E-state index is 0.799. The Kier molecular flexibility index (Phi) is 3.07. The van der Waals surface area contributed by atoms with E-state index in [0.717, 1.165) is 16.8 Å². The maximum Gasteiger partial charge on any atom is 0.178 e. The molecular formula is C15H16N2S2. The summed E-state index contributed by atoms with van der Waals surface area (Å²) in [4.78, 5) is 6.04. The molecule has 2 heterocycles. The van der Waals surface area contributed by atoms with Crippen LogP contribution in [0.1, 0.15) is 20.9 Å². The number of imidazole rings is 1. The molecule has 1 N–H and O–H groups in total. The first kappa shape index (κ1) is 12.6. The number of nitrogens with one attached hydrogen (secondary N) is 1. The van der Waals surface area contributed by atoms with Gasteiger partial charge in [0, 0.05) is 9.75 Å². The monoisotopic (exact) mass is 288 g/mol. The van der Waals surface area contributed by atoms with E-state index in [0.29, 0.717) is 0 Å². The second-order valence-electron chi connectivity index (χ2n) is 4.94. The summed E-state index contributed by atoms with van der Waals surface area (Å²) in [6, 6.07) is 8.54. The molecule has 1 aromatic carbocycles. The summed E-state index contributed by atoms with van der Waals surface area (Å²) >= 11 is 7.32. The fourth-order valence-electron chi connectivity index (χ4n) is 2.44. The minimum Gasteiger partial charge on any atom is -0.331 e. The number of hydrogen-bond donors (Lipinski definition) is 1. The molecule has 0 amide bonds. The zero-order valence-electron chi connectivity index (χ0n) is 11.3. The summed E-state index contributed by atoms with van der Waals surface area (Å²) in [5.41, 5.74) is 4.96. The van der Waals surface area contributed by atoms with Crippen molar-refractivity contribution in [3.05, 3.63) is 49.9 Å². The van der Waals surface area contributed by atoms with Crippen molar-refractivity contribution in [3.63, 3.8) is 0 Å². The molecule has 3 aromatic rings. The van der Waals surface area contributed by atoms with E-state index in [1.165, 1.54) is 26.4 Å². The normalized spacial score (nSPS) is 11.3. The van der Waals surface area contributed by atoms with Crippen molar-refractivity contribution in [2.24, 2.45) is 0 Å². The smallest absolute Gasteiger partial charge is 0.178 e. The number of aryl methyl sites for hydroxylation is 3. The van der Waals surface area contributed by atoms with Gasteiger partial charge in [0.1, 0.15) is 0 Å². The van der Waals surface area contributed by atoms with Crippen molar-refractivity contribution >= 4 is 34.6 Å². The molecule has 0 radical (unpaired) electrons. The highest BCUT2D eigenvalue weighted by atomic mass is 32.1. The maximum atomic E-state index is 5.46. The fourth-order valence-corrected chi connectivity index (χ4v) is 3.75. The lowest BCUT2D eigenvalue weighted by Crippen LogP contribution is -1.98. The summed E-state index contributed by atoms with van der Waals surface area (Å²) in [5, 5.41) is 0. The summed E-state index contributed by atoms with van der Waals surface area (Å²) in [6.07, 6.45) is 0. The van der Waals surface area contributed by atoms with Gasteiger partial charge < -0.3 is 9.55 Å². The van der Waals surface area contributed by atoms with Gasteiger partial charge in [-0.2, -0.15) is 0 Å². The second-order valence-corrected chi connectivity index (χ2v) is 6.67. The van der Waals surface area contributed by atoms with Gasteiger partial charge >= 0.3 is 0 Å². The lowest BCUT2D eigenvalue weighted by molar-refractivity contribution is 0.821. The molecule has 19 heavy (non-hydrogen) atoms. The van der Waals surface area contributed by atoms with Crippen LogP contribution in [0.25, 0.3) is 11.0 Å². The van der Waals surface area contributed by atoms with Gasteiger partial charge in [0.05, 0.1) is 17.6 Å². The van der Waals surface area contributed by atoms with E-state index >= 15 is 0 Å². The van der Waals surface area contributed by atoms with Gasteiger partial charge in [0.15, 0.2) is 4.77 Å². The molecule has 2 aromatic heterocycles. The summed E-state index contributed by atoms with van der Waals surface area (Å²) in [6.45, 7) is 7.31. The second kappa shape index (κ2) is 4.62. The average molecular weight is 288 g/mol. The third kappa shape index (κ3) is 2.15. The van der Waals surface area contributed by atoms with Crippen molar-refractivity contribution in [2.75, 3.05) is 0 Å². The number of aromatic amines is 1. The van der Waals surface area contributed by atoms with Gasteiger partial charge in [0.2, 0.25) is 0 Å². The number of hydrogen-bond acceptors (Lipinski definition) is 2. The molecular weight excluding hydrogens is 272 g/mol. The quantitative estimate of drug-likeness (QED) is 0.676. The van der Waals surface area contributed by atoms with Crippen LogP contribution in [0.4, 0.5) is 0 Å². The average Bonchev–Trinajstić information content (AvgIpc) is 2.82. The molecule has 3 rings (SSSR count). The molecule has 0 aliphatic heterocycles. The van der Waals surface area contributed by atoms with Gasteiger partial charge in [-0.3, -0.25) is 0 Å². The number of benzene rings is 1. The Morgan fingerprint density at radius 2 is 2.00 bits per heavy atom. The Hall–Kier alpha value is -1.39. The number of aromatic nitrogens is 2. The third-order valence-electron chi connectivity index (χ3n) is 3.53. The van der Waals surface area contributed by atoms with Crippen LogP contribution in [-0.4, -0.2) is 9.55 Å². The zero-order valence-corrected chi connectivity index (χ0v) is 12.9. The van der Waals surface area contributed by atoms with Crippen molar-refractivity contribution < 1.29 is 0 Å². The van der Waals surface area contributed by atoms with Crippen molar-refractivity contribution in [2.45, 2.75) is 27.3 Å². The Bertz CT molecular complexity index is 786. The van der Waals surface area contributed by atoms with Gasteiger partial charge in [-0.05, 0) is 56.2 Å². The molecule has 0 fully saturated rings. The Balaban J connectivity index is 2.15. The molecule has 0 aliphatic rings. The Labute approximate surface area is 121 Å². The van der Waals surface area contributed by atoms with Gasteiger partial charge in [-0.1, -0.05) is 12.1 Å². The van der Waals surface area contributed by atoms with E-state index in [4.69, 9.17) is 12.2 Å². The molecule has 98 valence electrons. The maximum absolute atomic E-state index is 5.46. The minimum absolute atomic E-state index is 0.799. The topological polar surface area (TPSA) is 20.7 Å². The predicted octanol–water partition coefficient (Wildman–Crippen LogP) is 4.73. The standard InChI is InChI=1S/C15H16N2S2/c1-9-5-4-6-13-14(9)17(15(18)16-13)8-12-7-10(2)11(3)19-12/h4-7H,8H2,1-3H3,(H,16,18). The molecule has 0 aliphatic carbocycles. The van der Waals surface area contributed by atoms with E-state index in [2.05, 4.69) is 54.6 Å². The molecule has 4 heteroatoms. The van der Waals surface area contributed by atoms with E-state index in [9.17, 15) is 0 Å². The molecule has 0 spiro atoms. The van der Waals surface area contributed by atoms with Gasteiger partial charge in [0.25, 0.3) is 0 Å². The van der Waals surface area contributed by atoms with Crippen LogP contribution < -0.4 is 0 Å². The van der Waals surface area contributed by atoms with Crippen LogP contribution in [0.15, 0.2) is 24.3 Å². The molecule has 0 atom stereocenters. The lowest BCUT2D eigenvalue weighted by atomic mass is 10.2. The number of H-pyrrole nitrogens is 1. The molecule has 0 bridgehead atoms. The zero-order chi connectivity index (χ0) is 13.6.